The number of benzene rings is 1. The first kappa shape index (κ1) is 14.1. The van der Waals surface area contributed by atoms with E-state index in [1.54, 1.807) is 0 Å². The molecular weight excluding hydrogens is 327 g/mol. The molecular formula is C12H9BrF3NO2. The van der Waals surface area contributed by atoms with Gasteiger partial charge in [-0.3, -0.25) is 0 Å². The van der Waals surface area contributed by atoms with Gasteiger partial charge in [0.15, 0.2) is 10.6 Å². The molecule has 0 spiro atoms. The summed E-state index contributed by atoms with van der Waals surface area (Å²) in [5.74, 6) is 0.323. The van der Waals surface area contributed by atoms with Crippen LogP contribution in [0.15, 0.2) is 33.4 Å². The molecule has 0 aliphatic rings. The average molecular weight is 336 g/mol. The van der Waals surface area contributed by atoms with Gasteiger partial charge in [-0.2, -0.15) is 13.2 Å². The van der Waals surface area contributed by atoms with Crippen molar-refractivity contribution in [2.75, 3.05) is 6.61 Å². The van der Waals surface area contributed by atoms with E-state index in [1.807, 2.05) is 0 Å². The van der Waals surface area contributed by atoms with Crippen LogP contribution >= 0.6 is 15.9 Å². The fourth-order valence-corrected chi connectivity index (χ4v) is 2.05. The zero-order valence-electron chi connectivity index (χ0n) is 9.54. The van der Waals surface area contributed by atoms with Crippen molar-refractivity contribution in [1.82, 2.24) is 4.98 Å². The highest BCUT2D eigenvalue weighted by Gasteiger charge is 2.30. The number of oxazole rings is 1. The fraction of sp³-hybridized carbons (Fsp3) is 0.250. The predicted octanol–water partition coefficient (Wildman–Crippen LogP) is 3.66. The monoisotopic (exact) mass is 335 g/mol. The number of aromatic nitrogens is 1. The van der Waals surface area contributed by atoms with E-state index in [4.69, 9.17) is 9.52 Å². The number of rotatable bonds is 3. The normalized spacial score (nSPS) is 11.8. The van der Waals surface area contributed by atoms with Crippen molar-refractivity contribution < 1.29 is 22.7 Å². The minimum atomic E-state index is -4.36. The van der Waals surface area contributed by atoms with Gasteiger partial charge in [0.25, 0.3) is 0 Å². The molecule has 0 atom stereocenters. The van der Waals surface area contributed by atoms with Crippen molar-refractivity contribution >= 4 is 15.9 Å². The second-order valence-corrected chi connectivity index (χ2v) is 4.50. The van der Waals surface area contributed by atoms with Crippen LogP contribution in [0.2, 0.25) is 0 Å². The van der Waals surface area contributed by atoms with E-state index in [-0.39, 0.29) is 13.0 Å². The first-order chi connectivity index (χ1) is 8.91. The van der Waals surface area contributed by atoms with Gasteiger partial charge in [-0.15, -0.1) is 0 Å². The summed E-state index contributed by atoms with van der Waals surface area (Å²) in [6, 6.07) is 4.63. The average Bonchev–Trinajstić information content (AvgIpc) is 2.70. The van der Waals surface area contributed by atoms with Crippen LogP contribution < -0.4 is 0 Å². The Hall–Kier alpha value is -1.34. The van der Waals surface area contributed by atoms with Gasteiger partial charge in [-0.05, 0) is 28.1 Å². The molecule has 0 saturated heterocycles. The molecule has 0 radical (unpaired) electrons. The lowest BCUT2D eigenvalue weighted by Crippen LogP contribution is -2.04. The van der Waals surface area contributed by atoms with E-state index >= 15 is 0 Å². The zero-order chi connectivity index (χ0) is 14.0. The molecule has 0 amide bonds. The second kappa shape index (κ2) is 5.34. The van der Waals surface area contributed by atoms with Crippen LogP contribution in [-0.4, -0.2) is 16.7 Å². The number of alkyl halides is 3. The molecule has 0 bridgehead atoms. The summed E-state index contributed by atoms with van der Waals surface area (Å²) in [6.45, 7) is -0.112. The highest BCUT2D eigenvalue weighted by Crippen LogP contribution is 2.33. The van der Waals surface area contributed by atoms with Crippen LogP contribution in [-0.2, 0) is 12.6 Å². The number of halogens is 4. The first-order valence-electron chi connectivity index (χ1n) is 5.35. The summed E-state index contributed by atoms with van der Waals surface area (Å²) < 4.78 is 42.9. The maximum Gasteiger partial charge on any atom is 0.416 e. The van der Waals surface area contributed by atoms with E-state index in [9.17, 15) is 13.2 Å². The minimum Gasteiger partial charge on any atom is -0.433 e. The van der Waals surface area contributed by atoms with Gasteiger partial charge in [0, 0.05) is 12.0 Å². The predicted molar refractivity (Wildman–Crippen MR) is 65.4 cm³/mol. The quantitative estimate of drug-likeness (QED) is 0.931. The molecule has 0 unspecified atom stereocenters. The zero-order valence-corrected chi connectivity index (χ0v) is 11.1. The van der Waals surface area contributed by atoms with Gasteiger partial charge in [-0.1, -0.05) is 12.1 Å². The molecule has 0 fully saturated rings. The minimum absolute atomic E-state index is 0.112. The lowest BCUT2D eigenvalue weighted by atomic mass is 10.1. The summed E-state index contributed by atoms with van der Waals surface area (Å²) >= 11 is 3.15. The van der Waals surface area contributed by atoms with Crippen molar-refractivity contribution in [3.8, 4) is 11.3 Å². The molecule has 0 aliphatic carbocycles. The first-order valence-corrected chi connectivity index (χ1v) is 6.15. The number of hydrogen-bond acceptors (Lipinski definition) is 3. The SMILES string of the molecule is OCCc1nc(-c2ccc(C(F)(F)F)cc2)c(Br)o1. The van der Waals surface area contributed by atoms with E-state index in [2.05, 4.69) is 20.9 Å². The summed E-state index contributed by atoms with van der Waals surface area (Å²) in [4.78, 5) is 4.11. The van der Waals surface area contributed by atoms with Crippen LogP contribution in [0.5, 0.6) is 0 Å². The molecule has 102 valence electrons. The Bertz CT molecular complexity index is 563. The molecule has 1 aromatic heterocycles. The highest BCUT2D eigenvalue weighted by molar-refractivity contribution is 9.10. The number of hydrogen-bond donors (Lipinski definition) is 1. The lowest BCUT2D eigenvalue weighted by Gasteiger charge is -2.06. The highest BCUT2D eigenvalue weighted by atomic mass is 79.9. The van der Waals surface area contributed by atoms with Gasteiger partial charge >= 0.3 is 6.18 Å². The topological polar surface area (TPSA) is 46.3 Å². The maximum atomic E-state index is 12.4. The van der Waals surface area contributed by atoms with Crippen LogP contribution in [0.1, 0.15) is 11.5 Å². The molecule has 19 heavy (non-hydrogen) atoms. The Kier molecular flexibility index (Phi) is 3.96. The fourth-order valence-electron chi connectivity index (χ4n) is 1.54. The van der Waals surface area contributed by atoms with E-state index in [0.29, 0.717) is 21.8 Å². The summed E-state index contributed by atoms with van der Waals surface area (Å²) in [7, 11) is 0. The van der Waals surface area contributed by atoms with Gasteiger partial charge < -0.3 is 9.52 Å². The standard InChI is InChI=1S/C12H9BrF3NO2/c13-11-10(17-9(19-11)5-6-18)7-1-3-8(4-2-7)12(14,15)16/h1-4,18H,5-6H2. The molecule has 1 N–H and O–H groups in total. The van der Waals surface area contributed by atoms with Crippen molar-refractivity contribution in [3.63, 3.8) is 0 Å². The molecule has 2 aromatic rings. The lowest BCUT2D eigenvalue weighted by molar-refractivity contribution is -0.137. The molecule has 0 saturated carbocycles. The molecule has 1 aromatic carbocycles. The van der Waals surface area contributed by atoms with E-state index in [0.717, 1.165) is 12.1 Å². The Morgan fingerprint density at radius 1 is 1.21 bits per heavy atom. The molecule has 2 rings (SSSR count). The Morgan fingerprint density at radius 3 is 2.37 bits per heavy atom. The maximum absolute atomic E-state index is 12.4. The summed E-state index contributed by atoms with van der Waals surface area (Å²) in [5, 5.41) is 8.78. The Balaban J connectivity index is 2.32. The third-order valence-corrected chi connectivity index (χ3v) is 2.98. The Labute approximate surface area is 115 Å². The number of aliphatic hydroxyl groups excluding tert-OH is 1. The van der Waals surface area contributed by atoms with Crippen molar-refractivity contribution in [3.05, 3.63) is 40.4 Å². The van der Waals surface area contributed by atoms with Gasteiger partial charge in [0.1, 0.15) is 5.69 Å². The second-order valence-electron chi connectivity index (χ2n) is 3.78. The van der Waals surface area contributed by atoms with E-state index < -0.39 is 11.7 Å². The molecule has 1 heterocycles. The van der Waals surface area contributed by atoms with Gasteiger partial charge in [-0.25, -0.2) is 4.98 Å². The molecule has 3 nitrogen and oxygen atoms in total. The molecule has 0 aliphatic heterocycles. The van der Waals surface area contributed by atoms with Crippen LogP contribution in [0.3, 0.4) is 0 Å². The van der Waals surface area contributed by atoms with E-state index in [1.165, 1.54) is 12.1 Å². The van der Waals surface area contributed by atoms with Gasteiger partial charge in [0.05, 0.1) is 12.2 Å². The van der Waals surface area contributed by atoms with Crippen molar-refractivity contribution in [2.24, 2.45) is 0 Å². The van der Waals surface area contributed by atoms with Crippen molar-refractivity contribution in [1.29, 1.82) is 0 Å². The van der Waals surface area contributed by atoms with Crippen LogP contribution in [0.4, 0.5) is 13.2 Å². The third kappa shape index (κ3) is 3.16. The van der Waals surface area contributed by atoms with Crippen LogP contribution in [0, 0.1) is 0 Å². The number of nitrogens with zero attached hydrogens (tertiary/aromatic N) is 1. The number of aliphatic hydroxyl groups is 1. The molecule has 7 heteroatoms. The Morgan fingerprint density at radius 2 is 1.84 bits per heavy atom. The smallest absolute Gasteiger partial charge is 0.416 e. The third-order valence-electron chi connectivity index (χ3n) is 2.44. The van der Waals surface area contributed by atoms with Gasteiger partial charge in [0.2, 0.25) is 0 Å². The van der Waals surface area contributed by atoms with Crippen LogP contribution in [0.25, 0.3) is 11.3 Å². The summed E-state index contributed by atoms with van der Waals surface area (Å²) in [6.07, 6.45) is -4.11. The summed E-state index contributed by atoms with van der Waals surface area (Å²) in [5.41, 5.74) is 0.205. The van der Waals surface area contributed by atoms with Crippen molar-refractivity contribution in [2.45, 2.75) is 12.6 Å². The largest absolute Gasteiger partial charge is 0.433 e.